The molecule has 8 heteroatoms. The average molecular weight is 270 g/mol. The zero-order valence-electron chi connectivity index (χ0n) is 9.87. The Morgan fingerprint density at radius 3 is 3.00 bits per heavy atom. The van der Waals surface area contributed by atoms with E-state index in [1.54, 1.807) is 0 Å². The number of nitrogens with zero attached hydrogens (tertiary/aromatic N) is 3. The average Bonchev–Trinajstić information content (AvgIpc) is 2.80. The largest absolute Gasteiger partial charge is 0.480 e. The van der Waals surface area contributed by atoms with Gasteiger partial charge in [-0.2, -0.15) is 0 Å². The number of anilines is 1. The van der Waals surface area contributed by atoms with Gasteiger partial charge in [-0.25, -0.2) is 9.59 Å². The second kappa shape index (κ2) is 5.30. The Bertz CT molecular complexity index is 436. The molecule has 0 bridgehead atoms. The molecule has 1 saturated heterocycles. The molecule has 1 aromatic heterocycles. The van der Waals surface area contributed by atoms with Crippen molar-refractivity contribution >= 4 is 28.5 Å². The van der Waals surface area contributed by atoms with Crippen LogP contribution in [0.1, 0.15) is 19.8 Å². The molecule has 18 heavy (non-hydrogen) atoms. The lowest BCUT2D eigenvalue weighted by Crippen LogP contribution is -2.53. The summed E-state index contributed by atoms with van der Waals surface area (Å²) in [6.45, 7) is 2.30. The molecule has 2 amide bonds. The van der Waals surface area contributed by atoms with Gasteiger partial charge in [0.05, 0.1) is 0 Å². The third-order valence-electron chi connectivity index (χ3n) is 3.02. The molecule has 2 heterocycles. The summed E-state index contributed by atoms with van der Waals surface area (Å²) in [5, 5.41) is 19.5. The third-order valence-corrected chi connectivity index (χ3v) is 3.63. The van der Waals surface area contributed by atoms with Crippen molar-refractivity contribution in [3.8, 4) is 0 Å². The van der Waals surface area contributed by atoms with Crippen LogP contribution in [0.15, 0.2) is 5.51 Å². The maximum absolute atomic E-state index is 12.0. The van der Waals surface area contributed by atoms with Gasteiger partial charge in [-0.05, 0) is 18.8 Å². The van der Waals surface area contributed by atoms with Gasteiger partial charge < -0.3 is 10.0 Å². The van der Waals surface area contributed by atoms with Gasteiger partial charge in [-0.1, -0.05) is 18.3 Å². The van der Waals surface area contributed by atoms with Crippen LogP contribution in [-0.2, 0) is 4.79 Å². The van der Waals surface area contributed by atoms with Crippen molar-refractivity contribution in [1.82, 2.24) is 15.1 Å². The SMILES string of the molecule is CC1CCCN(C(=O)Nc2nncs2)C1C(=O)O. The Balaban J connectivity index is 2.09. The number of urea groups is 1. The van der Waals surface area contributed by atoms with Gasteiger partial charge >= 0.3 is 12.0 Å². The highest BCUT2D eigenvalue weighted by atomic mass is 32.1. The number of carboxylic acids is 1. The van der Waals surface area contributed by atoms with Crippen LogP contribution in [0.5, 0.6) is 0 Å². The summed E-state index contributed by atoms with van der Waals surface area (Å²) in [6, 6.07) is -1.20. The Morgan fingerprint density at radius 1 is 1.61 bits per heavy atom. The second-order valence-corrected chi connectivity index (χ2v) is 5.10. The van der Waals surface area contributed by atoms with E-state index in [2.05, 4.69) is 15.5 Å². The lowest BCUT2D eigenvalue weighted by Gasteiger charge is -2.36. The molecule has 2 N–H and O–H groups in total. The van der Waals surface area contributed by atoms with Crippen molar-refractivity contribution in [2.45, 2.75) is 25.8 Å². The number of amides is 2. The first-order chi connectivity index (χ1) is 8.59. The van der Waals surface area contributed by atoms with Crippen molar-refractivity contribution < 1.29 is 14.7 Å². The molecule has 0 spiro atoms. The maximum Gasteiger partial charge on any atom is 0.326 e. The van der Waals surface area contributed by atoms with Crippen molar-refractivity contribution in [2.75, 3.05) is 11.9 Å². The molecule has 1 aliphatic heterocycles. The quantitative estimate of drug-likeness (QED) is 0.843. The minimum atomic E-state index is -0.963. The minimum Gasteiger partial charge on any atom is -0.480 e. The van der Waals surface area contributed by atoms with Crippen molar-refractivity contribution in [3.63, 3.8) is 0 Å². The molecule has 1 fully saturated rings. The van der Waals surface area contributed by atoms with Crippen LogP contribution in [-0.4, -0.2) is 44.8 Å². The Labute approximate surface area is 108 Å². The first-order valence-corrected chi connectivity index (χ1v) is 6.54. The molecule has 98 valence electrons. The number of aromatic nitrogens is 2. The van der Waals surface area contributed by atoms with E-state index in [1.807, 2.05) is 6.92 Å². The van der Waals surface area contributed by atoms with Crippen LogP contribution in [0.3, 0.4) is 0 Å². The summed E-state index contributed by atoms with van der Waals surface area (Å²) in [4.78, 5) is 24.6. The lowest BCUT2D eigenvalue weighted by atomic mass is 9.91. The summed E-state index contributed by atoms with van der Waals surface area (Å²) in [5.41, 5.74) is 1.50. The van der Waals surface area contributed by atoms with E-state index >= 15 is 0 Å². The second-order valence-electron chi connectivity index (χ2n) is 4.27. The van der Waals surface area contributed by atoms with Crippen LogP contribution in [0.25, 0.3) is 0 Å². The van der Waals surface area contributed by atoms with E-state index in [4.69, 9.17) is 0 Å². The molecule has 0 aliphatic carbocycles. The number of piperidine rings is 1. The fourth-order valence-corrected chi connectivity index (χ4v) is 2.62. The maximum atomic E-state index is 12.0. The van der Waals surface area contributed by atoms with E-state index in [9.17, 15) is 14.7 Å². The van der Waals surface area contributed by atoms with E-state index in [-0.39, 0.29) is 5.92 Å². The molecule has 2 atom stereocenters. The molecular weight excluding hydrogens is 256 g/mol. The predicted octanol–water partition coefficient (Wildman–Crippen LogP) is 1.26. The van der Waals surface area contributed by atoms with E-state index < -0.39 is 18.0 Å². The zero-order chi connectivity index (χ0) is 13.1. The van der Waals surface area contributed by atoms with Crippen LogP contribution in [0.4, 0.5) is 9.93 Å². The van der Waals surface area contributed by atoms with Crippen molar-refractivity contribution in [3.05, 3.63) is 5.51 Å². The fourth-order valence-electron chi connectivity index (χ4n) is 2.18. The van der Waals surface area contributed by atoms with Gasteiger partial charge in [0.1, 0.15) is 11.6 Å². The molecule has 2 unspecified atom stereocenters. The van der Waals surface area contributed by atoms with Gasteiger partial charge in [0.15, 0.2) is 0 Å². The first kappa shape index (κ1) is 12.7. The highest BCUT2D eigenvalue weighted by Gasteiger charge is 2.37. The summed E-state index contributed by atoms with van der Waals surface area (Å²) < 4.78 is 0. The highest BCUT2D eigenvalue weighted by molar-refractivity contribution is 7.13. The van der Waals surface area contributed by atoms with Gasteiger partial charge in [-0.3, -0.25) is 5.32 Å². The van der Waals surface area contributed by atoms with Crippen LogP contribution in [0.2, 0.25) is 0 Å². The predicted molar refractivity (Wildman–Crippen MR) is 65.5 cm³/mol. The Morgan fingerprint density at radius 2 is 2.39 bits per heavy atom. The number of carbonyl (C=O) groups is 2. The minimum absolute atomic E-state index is 0.0450. The summed E-state index contributed by atoms with van der Waals surface area (Å²) in [5.74, 6) is -1.01. The Kier molecular flexibility index (Phi) is 3.75. The number of carboxylic acid groups (broad SMARTS) is 1. The molecular formula is C10H14N4O3S. The van der Waals surface area contributed by atoms with E-state index in [1.165, 1.54) is 21.7 Å². The molecule has 1 aliphatic rings. The number of aliphatic carboxylic acids is 1. The molecule has 2 rings (SSSR count). The number of carbonyl (C=O) groups excluding carboxylic acids is 1. The summed E-state index contributed by atoms with van der Waals surface area (Å²) >= 11 is 1.20. The van der Waals surface area contributed by atoms with E-state index in [0.717, 1.165) is 12.8 Å². The smallest absolute Gasteiger partial charge is 0.326 e. The fraction of sp³-hybridized carbons (Fsp3) is 0.600. The first-order valence-electron chi connectivity index (χ1n) is 5.66. The molecule has 1 aromatic rings. The van der Waals surface area contributed by atoms with Crippen molar-refractivity contribution in [1.29, 1.82) is 0 Å². The number of hydrogen-bond donors (Lipinski definition) is 2. The number of rotatable bonds is 2. The number of nitrogens with one attached hydrogen (secondary N) is 1. The Hall–Kier alpha value is -1.70. The third kappa shape index (κ3) is 2.58. The molecule has 0 saturated carbocycles. The van der Waals surface area contributed by atoms with Gasteiger partial charge in [0.2, 0.25) is 5.13 Å². The number of hydrogen-bond acceptors (Lipinski definition) is 5. The monoisotopic (exact) mass is 270 g/mol. The molecule has 0 radical (unpaired) electrons. The lowest BCUT2D eigenvalue weighted by molar-refractivity contribution is -0.145. The van der Waals surface area contributed by atoms with Crippen LogP contribution < -0.4 is 5.32 Å². The van der Waals surface area contributed by atoms with Gasteiger partial charge in [-0.15, -0.1) is 10.2 Å². The van der Waals surface area contributed by atoms with E-state index in [0.29, 0.717) is 11.7 Å². The van der Waals surface area contributed by atoms with Crippen LogP contribution in [0, 0.1) is 5.92 Å². The molecule has 7 nitrogen and oxygen atoms in total. The summed E-state index contributed by atoms with van der Waals surface area (Å²) in [7, 11) is 0. The topological polar surface area (TPSA) is 95.4 Å². The normalized spacial score (nSPS) is 23.7. The van der Waals surface area contributed by atoms with Crippen molar-refractivity contribution in [2.24, 2.45) is 5.92 Å². The highest BCUT2D eigenvalue weighted by Crippen LogP contribution is 2.24. The van der Waals surface area contributed by atoms with Crippen LogP contribution >= 0.6 is 11.3 Å². The summed E-state index contributed by atoms with van der Waals surface area (Å²) in [6.07, 6.45) is 1.63. The molecule has 0 aromatic carbocycles. The standard InChI is InChI=1S/C10H14N4O3S/c1-6-3-2-4-14(7(6)8(15)16)10(17)12-9-13-11-5-18-9/h5-7H,2-4H2,1H3,(H,15,16)(H,12,13,17). The van der Waals surface area contributed by atoms with Gasteiger partial charge in [0.25, 0.3) is 0 Å². The van der Waals surface area contributed by atoms with Gasteiger partial charge in [0, 0.05) is 6.54 Å². The zero-order valence-corrected chi connectivity index (χ0v) is 10.7. The number of likely N-dealkylation sites (tertiary alicyclic amines) is 1.